The Labute approximate surface area is 113 Å². The van der Waals surface area contributed by atoms with Gasteiger partial charge in [-0.3, -0.25) is 0 Å². The molecule has 0 aliphatic heterocycles. The molecular weight excluding hydrogens is 358 g/mol. The maximum absolute atomic E-state index is 12.0. The lowest BCUT2D eigenvalue weighted by Gasteiger charge is -2.20. The van der Waals surface area contributed by atoms with E-state index < -0.39 is 15.6 Å². The Balaban J connectivity index is 3.18. The first-order valence-electron chi connectivity index (χ1n) is 4.61. The number of hydrogen-bond donors (Lipinski definition) is 1. The van der Waals surface area contributed by atoms with Gasteiger partial charge in [0.2, 0.25) is 10.0 Å². The van der Waals surface area contributed by atoms with E-state index in [9.17, 15) is 8.42 Å². The van der Waals surface area contributed by atoms with E-state index in [0.29, 0.717) is 4.47 Å². The van der Waals surface area contributed by atoms with Gasteiger partial charge in [-0.1, -0.05) is 15.9 Å². The fourth-order valence-electron chi connectivity index (χ4n) is 1.15. The Kier molecular flexibility index (Phi) is 4.21. The summed E-state index contributed by atoms with van der Waals surface area (Å²) in [5.74, 6) is 0. The molecule has 0 bridgehead atoms. The van der Waals surface area contributed by atoms with E-state index in [1.165, 1.54) is 0 Å². The van der Waals surface area contributed by atoms with Crippen molar-refractivity contribution in [2.75, 3.05) is 0 Å². The first-order chi connectivity index (χ1) is 7.12. The topological polar surface area (TPSA) is 46.2 Å². The van der Waals surface area contributed by atoms with Crippen LogP contribution in [0.1, 0.15) is 20.8 Å². The number of nitrogens with one attached hydrogen (secondary N) is 1. The predicted molar refractivity (Wildman–Crippen MR) is 71.9 cm³/mol. The largest absolute Gasteiger partial charge is 0.242 e. The van der Waals surface area contributed by atoms with Crippen LogP contribution in [0.25, 0.3) is 0 Å². The minimum Gasteiger partial charge on any atom is -0.207 e. The van der Waals surface area contributed by atoms with Crippen molar-refractivity contribution >= 4 is 41.9 Å². The molecule has 0 saturated carbocycles. The molecule has 1 aromatic carbocycles. The Morgan fingerprint density at radius 3 is 2.19 bits per heavy atom. The molecule has 90 valence electrons. The number of hydrogen-bond acceptors (Lipinski definition) is 2. The van der Waals surface area contributed by atoms with Crippen LogP contribution in [0.15, 0.2) is 32.0 Å². The van der Waals surface area contributed by atoms with E-state index >= 15 is 0 Å². The lowest BCUT2D eigenvalue weighted by Crippen LogP contribution is -2.40. The van der Waals surface area contributed by atoms with Gasteiger partial charge >= 0.3 is 0 Å². The highest BCUT2D eigenvalue weighted by Crippen LogP contribution is 2.26. The molecular formula is C10H13Br2NO2S. The molecule has 0 saturated heterocycles. The van der Waals surface area contributed by atoms with Crippen LogP contribution in [0.5, 0.6) is 0 Å². The van der Waals surface area contributed by atoms with Crippen molar-refractivity contribution in [1.29, 1.82) is 0 Å². The SMILES string of the molecule is CC(C)(C)NS(=O)(=O)c1ccc(Br)cc1Br. The van der Waals surface area contributed by atoms with E-state index in [0.717, 1.165) is 4.47 Å². The van der Waals surface area contributed by atoms with Crippen LogP contribution in [-0.2, 0) is 10.0 Å². The average molecular weight is 371 g/mol. The molecule has 0 atom stereocenters. The summed E-state index contributed by atoms with van der Waals surface area (Å²) in [6.45, 7) is 5.41. The van der Waals surface area contributed by atoms with Crippen molar-refractivity contribution in [2.45, 2.75) is 31.2 Å². The van der Waals surface area contributed by atoms with Crippen LogP contribution in [0.2, 0.25) is 0 Å². The fraction of sp³-hybridized carbons (Fsp3) is 0.400. The van der Waals surface area contributed by atoms with Crippen LogP contribution >= 0.6 is 31.9 Å². The Hall–Kier alpha value is 0.0900. The van der Waals surface area contributed by atoms with Gasteiger partial charge < -0.3 is 0 Å². The summed E-state index contributed by atoms with van der Waals surface area (Å²) in [6.07, 6.45) is 0. The van der Waals surface area contributed by atoms with Crippen LogP contribution in [-0.4, -0.2) is 14.0 Å². The van der Waals surface area contributed by atoms with Crippen molar-refractivity contribution in [1.82, 2.24) is 4.72 Å². The van der Waals surface area contributed by atoms with Crippen molar-refractivity contribution in [3.63, 3.8) is 0 Å². The minimum absolute atomic E-state index is 0.241. The highest BCUT2D eigenvalue weighted by Gasteiger charge is 2.23. The second-order valence-corrected chi connectivity index (χ2v) is 7.85. The quantitative estimate of drug-likeness (QED) is 0.868. The predicted octanol–water partition coefficient (Wildman–Crippen LogP) is 3.29. The zero-order valence-corrected chi connectivity index (χ0v) is 13.2. The molecule has 0 heterocycles. The van der Waals surface area contributed by atoms with E-state index in [2.05, 4.69) is 36.6 Å². The first-order valence-corrected chi connectivity index (χ1v) is 7.68. The Morgan fingerprint density at radius 2 is 1.75 bits per heavy atom. The van der Waals surface area contributed by atoms with Crippen LogP contribution in [0.3, 0.4) is 0 Å². The summed E-state index contributed by atoms with van der Waals surface area (Å²) in [5, 5.41) is 0. The monoisotopic (exact) mass is 369 g/mol. The Morgan fingerprint density at radius 1 is 1.19 bits per heavy atom. The van der Waals surface area contributed by atoms with Gasteiger partial charge in [0.1, 0.15) is 0 Å². The maximum atomic E-state index is 12.0. The zero-order chi connectivity index (χ0) is 12.6. The molecule has 1 N–H and O–H groups in total. The van der Waals surface area contributed by atoms with Gasteiger partial charge in [-0.25, -0.2) is 13.1 Å². The highest BCUT2D eigenvalue weighted by atomic mass is 79.9. The van der Waals surface area contributed by atoms with Gasteiger partial charge in [0.05, 0.1) is 4.90 Å². The third-order valence-electron chi connectivity index (χ3n) is 1.62. The molecule has 16 heavy (non-hydrogen) atoms. The lowest BCUT2D eigenvalue weighted by atomic mass is 10.1. The first kappa shape index (κ1) is 14.2. The summed E-state index contributed by atoms with van der Waals surface area (Å²) in [5.41, 5.74) is -0.495. The molecule has 3 nitrogen and oxygen atoms in total. The molecule has 0 radical (unpaired) electrons. The van der Waals surface area contributed by atoms with Crippen molar-refractivity contribution in [3.8, 4) is 0 Å². The summed E-state index contributed by atoms with van der Waals surface area (Å²) in [6, 6.07) is 4.96. The van der Waals surface area contributed by atoms with Gasteiger partial charge in [-0.05, 0) is 54.9 Å². The second-order valence-electron chi connectivity index (χ2n) is 4.43. The van der Waals surface area contributed by atoms with E-state index in [-0.39, 0.29) is 4.90 Å². The molecule has 0 aliphatic rings. The second kappa shape index (κ2) is 4.76. The molecule has 1 rings (SSSR count). The third-order valence-corrected chi connectivity index (χ3v) is 4.85. The van der Waals surface area contributed by atoms with E-state index in [4.69, 9.17) is 0 Å². The molecule has 0 unspecified atom stereocenters. The fourth-order valence-corrected chi connectivity index (χ4v) is 4.32. The Bertz CT molecular complexity index is 492. The van der Waals surface area contributed by atoms with Gasteiger partial charge in [0, 0.05) is 14.5 Å². The van der Waals surface area contributed by atoms with Crippen LogP contribution in [0.4, 0.5) is 0 Å². The van der Waals surface area contributed by atoms with Gasteiger partial charge in [-0.15, -0.1) is 0 Å². The summed E-state index contributed by atoms with van der Waals surface area (Å²) in [4.78, 5) is 0.241. The van der Waals surface area contributed by atoms with Crippen molar-refractivity contribution in [2.24, 2.45) is 0 Å². The zero-order valence-electron chi connectivity index (χ0n) is 9.21. The van der Waals surface area contributed by atoms with E-state index in [1.54, 1.807) is 39.0 Å². The average Bonchev–Trinajstić information content (AvgIpc) is 1.97. The van der Waals surface area contributed by atoms with Crippen molar-refractivity contribution < 1.29 is 8.42 Å². The molecule has 0 amide bonds. The van der Waals surface area contributed by atoms with E-state index in [1.807, 2.05) is 0 Å². The number of rotatable bonds is 2. The number of sulfonamides is 1. The number of benzene rings is 1. The van der Waals surface area contributed by atoms with Crippen LogP contribution in [0, 0.1) is 0 Å². The minimum atomic E-state index is -3.48. The molecule has 0 fully saturated rings. The lowest BCUT2D eigenvalue weighted by molar-refractivity contribution is 0.491. The summed E-state index contributed by atoms with van der Waals surface area (Å²) >= 11 is 6.52. The van der Waals surface area contributed by atoms with Gasteiger partial charge in [0.25, 0.3) is 0 Å². The molecule has 1 aromatic rings. The standard InChI is InChI=1S/C10H13Br2NO2S/c1-10(2,3)13-16(14,15)9-5-4-7(11)6-8(9)12/h4-6,13H,1-3H3. The molecule has 6 heteroatoms. The summed E-state index contributed by atoms with van der Waals surface area (Å²) in [7, 11) is -3.48. The smallest absolute Gasteiger partial charge is 0.207 e. The number of halogens is 2. The van der Waals surface area contributed by atoms with Crippen LogP contribution < -0.4 is 4.72 Å². The summed E-state index contributed by atoms with van der Waals surface area (Å²) < 4.78 is 28.0. The van der Waals surface area contributed by atoms with Gasteiger partial charge in [0.15, 0.2) is 0 Å². The molecule has 0 aromatic heterocycles. The maximum Gasteiger partial charge on any atom is 0.242 e. The van der Waals surface area contributed by atoms with Crippen molar-refractivity contribution in [3.05, 3.63) is 27.1 Å². The molecule has 0 aliphatic carbocycles. The third kappa shape index (κ3) is 3.84. The highest BCUT2D eigenvalue weighted by molar-refractivity contribution is 9.11. The van der Waals surface area contributed by atoms with Gasteiger partial charge in [-0.2, -0.15) is 0 Å². The normalized spacial score (nSPS) is 12.8. The molecule has 0 spiro atoms.